The van der Waals surface area contributed by atoms with Crippen molar-refractivity contribution in [2.75, 3.05) is 6.54 Å². The van der Waals surface area contributed by atoms with Crippen LogP contribution in [0.3, 0.4) is 0 Å². The van der Waals surface area contributed by atoms with E-state index in [0.717, 1.165) is 18.0 Å². The van der Waals surface area contributed by atoms with Crippen molar-refractivity contribution in [1.82, 2.24) is 5.32 Å². The maximum atomic E-state index is 8.88. The molecule has 90 valence electrons. The molecule has 0 spiro atoms. The van der Waals surface area contributed by atoms with Crippen molar-refractivity contribution in [3.05, 3.63) is 35.4 Å². The van der Waals surface area contributed by atoms with Gasteiger partial charge in [-0.05, 0) is 49.9 Å². The number of hydrogen-bond donors (Lipinski definition) is 1. The van der Waals surface area contributed by atoms with E-state index >= 15 is 0 Å². The van der Waals surface area contributed by atoms with Crippen molar-refractivity contribution in [1.29, 1.82) is 5.26 Å². The van der Waals surface area contributed by atoms with Crippen LogP contribution in [0.2, 0.25) is 0 Å². The van der Waals surface area contributed by atoms with E-state index in [0.29, 0.717) is 6.04 Å². The molecule has 2 nitrogen and oxygen atoms in total. The van der Waals surface area contributed by atoms with Gasteiger partial charge in [0.25, 0.3) is 0 Å². The lowest BCUT2D eigenvalue weighted by atomic mass is 10.0. The fourth-order valence-electron chi connectivity index (χ4n) is 2.55. The first-order valence-electron chi connectivity index (χ1n) is 6.53. The molecule has 1 atom stereocenters. The number of nitriles is 1. The van der Waals surface area contributed by atoms with Crippen LogP contribution >= 0.6 is 0 Å². The van der Waals surface area contributed by atoms with Crippen LogP contribution in [0, 0.1) is 17.2 Å². The Morgan fingerprint density at radius 3 is 2.88 bits per heavy atom. The highest BCUT2D eigenvalue weighted by molar-refractivity contribution is 5.33. The predicted octanol–water partition coefficient (Wildman–Crippen LogP) is 3.40. The maximum Gasteiger partial charge on any atom is 0.0991 e. The summed E-state index contributed by atoms with van der Waals surface area (Å²) in [7, 11) is 0. The third-order valence-electron chi connectivity index (χ3n) is 3.70. The van der Waals surface area contributed by atoms with Crippen LogP contribution in [0.1, 0.15) is 49.8 Å². The first-order chi connectivity index (χ1) is 8.29. The van der Waals surface area contributed by atoms with Gasteiger partial charge in [-0.3, -0.25) is 0 Å². The molecule has 17 heavy (non-hydrogen) atoms. The Hall–Kier alpha value is -1.33. The van der Waals surface area contributed by atoms with Crippen LogP contribution in [-0.2, 0) is 0 Å². The van der Waals surface area contributed by atoms with Crippen molar-refractivity contribution >= 4 is 0 Å². The van der Waals surface area contributed by atoms with E-state index in [9.17, 15) is 0 Å². The highest BCUT2D eigenvalue weighted by Gasteiger charge is 2.15. The van der Waals surface area contributed by atoms with Crippen LogP contribution in [-0.4, -0.2) is 6.54 Å². The van der Waals surface area contributed by atoms with E-state index in [1.807, 2.05) is 18.2 Å². The van der Waals surface area contributed by atoms with Gasteiger partial charge in [0, 0.05) is 6.04 Å². The molecule has 0 bridgehead atoms. The summed E-state index contributed by atoms with van der Waals surface area (Å²) in [4.78, 5) is 0. The Morgan fingerprint density at radius 1 is 1.41 bits per heavy atom. The van der Waals surface area contributed by atoms with Crippen LogP contribution in [0.4, 0.5) is 0 Å². The lowest BCUT2D eigenvalue weighted by molar-refractivity contribution is 0.452. The number of benzene rings is 1. The minimum Gasteiger partial charge on any atom is -0.310 e. The number of nitrogens with zero attached hydrogens (tertiary/aromatic N) is 1. The minimum atomic E-state index is 0.337. The Morgan fingerprint density at radius 2 is 2.18 bits per heavy atom. The van der Waals surface area contributed by atoms with E-state index in [1.165, 1.54) is 31.2 Å². The molecule has 1 saturated carbocycles. The zero-order chi connectivity index (χ0) is 12.1. The van der Waals surface area contributed by atoms with Gasteiger partial charge < -0.3 is 5.32 Å². The zero-order valence-electron chi connectivity index (χ0n) is 10.4. The van der Waals surface area contributed by atoms with Crippen LogP contribution in [0.15, 0.2) is 24.3 Å². The van der Waals surface area contributed by atoms with Crippen LogP contribution in [0.25, 0.3) is 0 Å². The average Bonchev–Trinajstić information content (AvgIpc) is 2.89. The highest BCUT2D eigenvalue weighted by Crippen LogP contribution is 2.24. The topological polar surface area (TPSA) is 35.8 Å². The molecule has 1 N–H and O–H groups in total. The fourth-order valence-corrected chi connectivity index (χ4v) is 2.55. The Balaban J connectivity index is 1.89. The Bertz CT molecular complexity index is 400. The average molecular weight is 228 g/mol. The van der Waals surface area contributed by atoms with Crippen molar-refractivity contribution < 1.29 is 0 Å². The van der Waals surface area contributed by atoms with E-state index < -0.39 is 0 Å². The SMILES string of the molecule is CC(NCC1CCCC1)c1cccc(C#N)c1. The Kier molecular flexibility index (Phi) is 4.17. The predicted molar refractivity (Wildman–Crippen MR) is 69.5 cm³/mol. The van der Waals surface area contributed by atoms with Gasteiger partial charge in [-0.25, -0.2) is 0 Å². The highest BCUT2D eigenvalue weighted by atomic mass is 14.9. The van der Waals surface area contributed by atoms with Crippen molar-refractivity contribution in [3.63, 3.8) is 0 Å². The molecule has 1 aromatic rings. The molecule has 1 aliphatic rings. The minimum absolute atomic E-state index is 0.337. The van der Waals surface area contributed by atoms with Gasteiger partial charge in [0.2, 0.25) is 0 Å². The Labute approximate surface area is 104 Å². The molecule has 0 heterocycles. The zero-order valence-corrected chi connectivity index (χ0v) is 10.4. The summed E-state index contributed by atoms with van der Waals surface area (Å²) >= 11 is 0. The third kappa shape index (κ3) is 3.31. The molecule has 2 rings (SSSR count). The first-order valence-corrected chi connectivity index (χ1v) is 6.53. The van der Waals surface area contributed by atoms with Crippen molar-refractivity contribution in [2.24, 2.45) is 5.92 Å². The molecular weight excluding hydrogens is 208 g/mol. The van der Waals surface area contributed by atoms with Gasteiger partial charge in [0.05, 0.1) is 11.6 Å². The maximum absolute atomic E-state index is 8.88. The van der Waals surface area contributed by atoms with Crippen LogP contribution < -0.4 is 5.32 Å². The van der Waals surface area contributed by atoms with Gasteiger partial charge in [-0.1, -0.05) is 25.0 Å². The largest absolute Gasteiger partial charge is 0.310 e. The summed E-state index contributed by atoms with van der Waals surface area (Å²) in [5.41, 5.74) is 1.96. The normalized spacial score (nSPS) is 17.9. The smallest absolute Gasteiger partial charge is 0.0991 e. The molecule has 1 unspecified atom stereocenters. The van der Waals surface area contributed by atoms with E-state index in [1.54, 1.807) is 0 Å². The van der Waals surface area contributed by atoms with E-state index in [2.05, 4.69) is 24.4 Å². The lowest BCUT2D eigenvalue weighted by Gasteiger charge is -2.17. The second-order valence-corrected chi connectivity index (χ2v) is 5.02. The first kappa shape index (κ1) is 12.1. The van der Waals surface area contributed by atoms with Crippen molar-refractivity contribution in [2.45, 2.75) is 38.6 Å². The quantitative estimate of drug-likeness (QED) is 0.857. The molecule has 1 fully saturated rings. The second kappa shape index (κ2) is 5.84. The summed E-state index contributed by atoms with van der Waals surface area (Å²) in [6.45, 7) is 3.28. The fraction of sp³-hybridized carbons (Fsp3) is 0.533. The molecule has 0 radical (unpaired) electrons. The molecule has 0 aliphatic heterocycles. The molecule has 0 saturated heterocycles. The van der Waals surface area contributed by atoms with Gasteiger partial charge in [-0.2, -0.15) is 5.26 Å². The monoisotopic (exact) mass is 228 g/mol. The summed E-state index contributed by atoms with van der Waals surface area (Å²) in [6.07, 6.45) is 5.53. The summed E-state index contributed by atoms with van der Waals surface area (Å²) < 4.78 is 0. The summed E-state index contributed by atoms with van der Waals surface area (Å²) in [5, 5.41) is 12.5. The number of nitrogens with one attached hydrogen (secondary N) is 1. The molecule has 1 aromatic carbocycles. The van der Waals surface area contributed by atoms with Crippen LogP contribution in [0.5, 0.6) is 0 Å². The third-order valence-corrected chi connectivity index (χ3v) is 3.70. The molecule has 0 amide bonds. The van der Waals surface area contributed by atoms with E-state index in [-0.39, 0.29) is 0 Å². The molecule has 0 aromatic heterocycles. The lowest BCUT2D eigenvalue weighted by Crippen LogP contribution is -2.24. The number of rotatable bonds is 4. The molecule has 2 heteroatoms. The molecule has 1 aliphatic carbocycles. The standard InChI is InChI=1S/C15H20N2/c1-12(17-11-13-5-2-3-6-13)15-8-4-7-14(9-15)10-16/h4,7-9,12-13,17H,2-3,5-6,11H2,1H3. The summed E-state index contributed by atoms with van der Waals surface area (Å²) in [6, 6.07) is 10.4. The van der Waals surface area contributed by atoms with Gasteiger partial charge >= 0.3 is 0 Å². The number of hydrogen-bond acceptors (Lipinski definition) is 2. The van der Waals surface area contributed by atoms with Crippen molar-refractivity contribution in [3.8, 4) is 6.07 Å². The van der Waals surface area contributed by atoms with Gasteiger partial charge in [0.15, 0.2) is 0 Å². The summed E-state index contributed by atoms with van der Waals surface area (Å²) in [5.74, 6) is 0.858. The molecular formula is C15H20N2. The van der Waals surface area contributed by atoms with Gasteiger partial charge in [-0.15, -0.1) is 0 Å². The van der Waals surface area contributed by atoms with E-state index in [4.69, 9.17) is 5.26 Å². The second-order valence-electron chi connectivity index (χ2n) is 5.02. The van der Waals surface area contributed by atoms with Gasteiger partial charge in [0.1, 0.15) is 0 Å².